The minimum Gasteiger partial charge on any atom is -0.367 e. The van der Waals surface area contributed by atoms with Crippen LogP contribution in [-0.2, 0) is 17.4 Å². The highest BCUT2D eigenvalue weighted by molar-refractivity contribution is 7.20. The predicted molar refractivity (Wildman–Crippen MR) is 103 cm³/mol. The third-order valence-electron chi connectivity index (χ3n) is 4.52. The van der Waals surface area contributed by atoms with E-state index in [0.29, 0.717) is 10.4 Å². The molecule has 7 heteroatoms. The molecule has 1 aromatic carbocycles. The second kappa shape index (κ2) is 6.57. The number of nitrogens with zero attached hydrogens (tertiary/aromatic N) is 2. The van der Waals surface area contributed by atoms with Crippen LogP contribution in [0.3, 0.4) is 0 Å². The van der Waals surface area contributed by atoms with Gasteiger partial charge in [0.05, 0.1) is 10.6 Å². The van der Waals surface area contributed by atoms with Gasteiger partial charge in [-0.25, -0.2) is 0 Å². The molecule has 0 aliphatic heterocycles. The molecule has 136 valence electrons. The number of primary amides is 1. The topological polar surface area (TPSA) is 90.0 Å². The molecule has 3 aromatic rings. The monoisotopic (exact) mass is 370 g/mol. The summed E-state index contributed by atoms with van der Waals surface area (Å²) in [6.07, 6.45) is 0. The summed E-state index contributed by atoms with van der Waals surface area (Å²) in [5.41, 5.74) is 5.93. The van der Waals surface area contributed by atoms with Gasteiger partial charge in [0.25, 0.3) is 5.91 Å². The largest absolute Gasteiger partial charge is 0.367 e. The first-order valence-corrected chi connectivity index (χ1v) is 9.20. The van der Waals surface area contributed by atoms with Crippen LogP contribution in [0.1, 0.15) is 47.6 Å². The molecule has 0 spiro atoms. The van der Waals surface area contributed by atoms with Gasteiger partial charge in [0.1, 0.15) is 10.4 Å². The van der Waals surface area contributed by atoms with Crippen molar-refractivity contribution >= 4 is 33.4 Å². The highest BCUT2D eigenvalue weighted by Crippen LogP contribution is 2.32. The van der Waals surface area contributed by atoms with E-state index in [-0.39, 0.29) is 11.8 Å². The second-order valence-electron chi connectivity index (χ2n) is 6.80. The molecule has 3 rings (SSSR count). The van der Waals surface area contributed by atoms with Crippen LogP contribution in [0.2, 0.25) is 0 Å². The van der Waals surface area contributed by atoms with Gasteiger partial charge in [0, 0.05) is 12.4 Å². The van der Waals surface area contributed by atoms with Gasteiger partial charge < -0.3 is 11.1 Å². The van der Waals surface area contributed by atoms with Gasteiger partial charge in [-0.3, -0.25) is 14.3 Å². The second-order valence-corrected chi connectivity index (χ2v) is 7.83. The number of nitrogens with one attached hydrogen (secondary N) is 1. The van der Waals surface area contributed by atoms with Crippen molar-refractivity contribution in [1.29, 1.82) is 0 Å². The number of thiophene rings is 1. The minimum absolute atomic E-state index is 0.254. The van der Waals surface area contributed by atoms with Crippen LogP contribution < -0.4 is 11.1 Å². The smallest absolute Gasteiger partial charge is 0.262 e. The summed E-state index contributed by atoms with van der Waals surface area (Å²) >= 11 is 1.35. The molecule has 0 aliphatic rings. The Balaban J connectivity index is 1.97. The van der Waals surface area contributed by atoms with E-state index in [0.717, 1.165) is 15.9 Å². The Morgan fingerprint density at radius 3 is 2.50 bits per heavy atom. The van der Waals surface area contributed by atoms with Crippen molar-refractivity contribution in [2.45, 2.75) is 32.2 Å². The van der Waals surface area contributed by atoms with Gasteiger partial charge in [-0.05, 0) is 24.5 Å². The van der Waals surface area contributed by atoms with Gasteiger partial charge in [-0.2, -0.15) is 5.10 Å². The molecular formula is C19H22N4O2S. The number of carbonyl (C=O) groups excluding carboxylic acids is 2. The fraction of sp³-hybridized carbons (Fsp3) is 0.316. The number of aryl methyl sites for hydroxylation is 1. The molecule has 2 amide bonds. The highest BCUT2D eigenvalue weighted by atomic mass is 32.1. The van der Waals surface area contributed by atoms with Crippen LogP contribution in [0.15, 0.2) is 36.4 Å². The fourth-order valence-corrected chi connectivity index (χ4v) is 3.92. The van der Waals surface area contributed by atoms with Crippen LogP contribution >= 0.6 is 11.3 Å². The number of rotatable bonds is 5. The summed E-state index contributed by atoms with van der Waals surface area (Å²) < 4.78 is 1.79. The van der Waals surface area contributed by atoms with Gasteiger partial charge in [0.2, 0.25) is 5.91 Å². The Morgan fingerprint density at radius 2 is 1.92 bits per heavy atom. The van der Waals surface area contributed by atoms with Crippen LogP contribution in [-0.4, -0.2) is 21.6 Å². The first kappa shape index (κ1) is 18.1. The molecule has 0 radical (unpaired) electrons. The Bertz CT molecular complexity index is 974. The van der Waals surface area contributed by atoms with Gasteiger partial charge in [-0.1, -0.05) is 44.2 Å². The quantitative estimate of drug-likeness (QED) is 0.723. The molecule has 26 heavy (non-hydrogen) atoms. The van der Waals surface area contributed by atoms with Crippen molar-refractivity contribution in [3.8, 4) is 0 Å². The van der Waals surface area contributed by atoms with E-state index in [4.69, 9.17) is 5.73 Å². The number of hydrogen-bond acceptors (Lipinski definition) is 4. The molecule has 0 saturated carbocycles. The van der Waals surface area contributed by atoms with Crippen molar-refractivity contribution in [2.24, 2.45) is 12.8 Å². The number of aromatic nitrogens is 2. The SMILES string of the molecule is CC(C)c1nn(C)c2sc(C(=O)NC(C)(C(N)=O)c3ccccc3)cc12. The van der Waals surface area contributed by atoms with E-state index < -0.39 is 11.4 Å². The zero-order chi connectivity index (χ0) is 19.1. The number of nitrogens with two attached hydrogens (primary N) is 1. The lowest BCUT2D eigenvalue weighted by molar-refractivity contribution is -0.123. The standard InChI is InChI=1S/C19H22N4O2S/c1-11(2)15-13-10-14(26-17(13)23(4)22-15)16(24)21-19(3,18(20)25)12-8-6-5-7-9-12/h5-11H,1-4H3,(H2,20,25)(H,21,24). The van der Waals surface area contributed by atoms with Gasteiger partial charge in [-0.15, -0.1) is 11.3 Å². The van der Waals surface area contributed by atoms with E-state index in [1.165, 1.54) is 11.3 Å². The number of hydrogen-bond donors (Lipinski definition) is 2. The number of benzene rings is 1. The summed E-state index contributed by atoms with van der Waals surface area (Å²) in [5, 5.41) is 8.30. The van der Waals surface area contributed by atoms with Crippen molar-refractivity contribution in [3.05, 3.63) is 52.5 Å². The average molecular weight is 370 g/mol. The van der Waals surface area contributed by atoms with Crippen molar-refractivity contribution in [2.75, 3.05) is 0 Å². The van der Waals surface area contributed by atoms with E-state index in [9.17, 15) is 9.59 Å². The van der Waals surface area contributed by atoms with Crippen molar-refractivity contribution < 1.29 is 9.59 Å². The fourth-order valence-electron chi connectivity index (χ4n) is 2.94. The third-order valence-corrected chi connectivity index (χ3v) is 5.72. The molecule has 3 N–H and O–H groups in total. The maximum Gasteiger partial charge on any atom is 0.262 e. The predicted octanol–water partition coefficient (Wildman–Crippen LogP) is 2.89. The van der Waals surface area contributed by atoms with Gasteiger partial charge in [0.15, 0.2) is 0 Å². The van der Waals surface area contributed by atoms with Crippen molar-refractivity contribution in [3.63, 3.8) is 0 Å². The highest BCUT2D eigenvalue weighted by Gasteiger charge is 2.35. The summed E-state index contributed by atoms with van der Waals surface area (Å²) in [6, 6.07) is 10.8. The number of fused-ring (bicyclic) bond motifs is 1. The summed E-state index contributed by atoms with van der Waals surface area (Å²) in [4.78, 5) is 26.4. The molecule has 2 aromatic heterocycles. The summed E-state index contributed by atoms with van der Waals surface area (Å²) in [7, 11) is 1.86. The van der Waals surface area contributed by atoms with E-state index in [1.807, 2.05) is 31.3 Å². The minimum atomic E-state index is -1.28. The maximum atomic E-state index is 12.9. The van der Waals surface area contributed by atoms with Crippen LogP contribution in [0.4, 0.5) is 0 Å². The first-order valence-electron chi connectivity index (χ1n) is 8.38. The Morgan fingerprint density at radius 1 is 1.27 bits per heavy atom. The van der Waals surface area contributed by atoms with Gasteiger partial charge >= 0.3 is 0 Å². The molecule has 2 heterocycles. The lowest BCUT2D eigenvalue weighted by Gasteiger charge is -2.27. The normalized spacial score (nSPS) is 13.7. The molecule has 6 nitrogen and oxygen atoms in total. The Hall–Kier alpha value is -2.67. The number of amides is 2. The van der Waals surface area contributed by atoms with Crippen LogP contribution in [0, 0.1) is 0 Å². The summed E-state index contributed by atoms with van der Waals surface area (Å²) in [5.74, 6) is -0.682. The number of carbonyl (C=O) groups is 2. The third kappa shape index (κ3) is 2.99. The Labute approximate surface area is 156 Å². The average Bonchev–Trinajstić information content (AvgIpc) is 3.16. The lowest BCUT2D eigenvalue weighted by Crippen LogP contribution is -2.52. The van der Waals surface area contributed by atoms with Crippen LogP contribution in [0.25, 0.3) is 10.2 Å². The lowest BCUT2D eigenvalue weighted by atomic mass is 9.91. The molecule has 0 fully saturated rings. The molecule has 0 saturated heterocycles. The first-order chi connectivity index (χ1) is 12.2. The van der Waals surface area contributed by atoms with E-state index >= 15 is 0 Å². The molecule has 0 aliphatic carbocycles. The molecule has 1 unspecified atom stereocenters. The Kier molecular flexibility index (Phi) is 4.58. The van der Waals surface area contributed by atoms with Crippen molar-refractivity contribution in [1.82, 2.24) is 15.1 Å². The zero-order valence-corrected chi connectivity index (χ0v) is 16.1. The molecule has 0 bridgehead atoms. The zero-order valence-electron chi connectivity index (χ0n) is 15.2. The van der Waals surface area contributed by atoms with E-state index in [2.05, 4.69) is 24.3 Å². The van der Waals surface area contributed by atoms with Crippen LogP contribution in [0.5, 0.6) is 0 Å². The summed E-state index contributed by atoms with van der Waals surface area (Å²) in [6.45, 7) is 5.76. The molecular weight excluding hydrogens is 348 g/mol. The molecule has 1 atom stereocenters. The van der Waals surface area contributed by atoms with E-state index in [1.54, 1.807) is 23.7 Å². The maximum absolute atomic E-state index is 12.9.